The molecular weight excluding hydrogens is 744 g/mol. The van der Waals surface area contributed by atoms with Crippen molar-refractivity contribution in [2.45, 2.75) is 69.2 Å². The van der Waals surface area contributed by atoms with Gasteiger partial charge in [-0.25, -0.2) is 4.57 Å². The molecule has 0 radical (unpaired) electrons. The zero-order valence-corrected chi connectivity index (χ0v) is 36.4. The highest BCUT2D eigenvalue weighted by molar-refractivity contribution is 7.48. The molecule has 0 spiro atoms. The van der Waals surface area contributed by atoms with Crippen molar-refractivity contribution in [2.24, 2.45) is 0 Å². The summed E-state index contributed by atoms with van der Waals surface area (Å²) in [6, 6.07) is 38.5. The van der Waals surface area contributed by atoms with E-state index in [4.69, 9.17) is 9.05 Å². The fraction of sp³-hybridized carbons (Fsp3) is 0.185. The summed E-state index contributed by atoms with van der Waals surface area (Å²) in [5.41, 5.74) is 21.2. The zero-order valence-electron chi connectivity index (χ0n) is 35.5. The lowest BCUT2D eigenvalue weighted by Gasteiger charge is -2.22. The van der Waals surface area contributed by atoms with Crippen LogP contribution >= 0.6 is 7.82 Å². The molecule has 0 unspecified atom stereocenters. The highest BCUT2D eigenvalue weighted by atomic mass is 31.2. The van der Waals surface area contributed by atoms with Gasteiger partial charge in [0.25, 0.3) is 0 Å². The maximum absolute atomic E-state index is 14.6. The van der Waals surface area contributed by atoms with Crippen molar-refractivity contribution < 1.29 is 18.5 Å². The lowest BCUT2D eigenvalue weighted by molar-refractivity contribution is 0.295. The molecular formula is C54H49O4P. The van der Waals surface area contributed by atoms with Crippen molar-refractivity contribution in [3.63, 3.8) is 0 Å². The first-order valence-corrected chi connectivity index (χ1v) is 21.8. The van der Waals surface area contributed by atoms with E-state index in [2.05, 4.69) is 154 Å². The number of benzene rings is 8. The molecule has 8 aromatic rings. The van der Waals surface area contributed by atoms with Crippen molar-refractivity contribution >= 4 is 29.4 Å². The Morgan fingerprint density at radius 2 is 0.695 bits per heavy atom. The van der Waals surface area contributed by atoms with E-state index >= 15 is 0 Å². The van der Waals surface area contributed by atoms with Gasteiger partial charge in [0.1, 0.15) is 11.5 Å². The normalized spacial score (nSPS) is 13.1. The molecule has 0 saturated heterocycles. The molecule has 59 heavy (non-hydrogen) atoms. The molecule has 0 amide bonds. The third-order valence-electron chi connectivity index (χ3n) is 12.2. The summed E-state index contributed by atoms with van der Waals surface area (Å²) in [5.74, 6) is 0.678. The van der Waals surface area contributed by atoms with E-state index in [9.17, 15) is 9.46 Å². The largest absolute Gasteiger partial charge is 0.584 e. The SMILES string of the molecule is Cc1cc(C)c(-c2cc(C)c(-c3cc4ccccc4c4c3OP(=O)(O)Oc3c(-c5c(C)cc(-c6c(C)cc(C)cc6C)cc5C)cc5ccccc5c3-4)c(C)c2)c(C)c1. The lowest BCUT2D eigenvalue weighted by atomic mass is 9.82. The fourth-order valence-electron chi connectivity index (χ4n) is 10.3. The van der Waals surface area contributed by atoms with Crippen LogP contribution < -0.4 is 9.05 Å². The zero-order chi connectivity index (χ0) is 41.7. The summed E-state index contributed by atoms with van der Waals surface area (Å²) < 4.78 is 27.4. The van der Waals surface area contributed by atoms with Crippen molar-refractivity contribution in [3.05, 3.63) is 165 Å². The van der Waals surface area contributed by atoms with Gasteiger partial charge in [0.2, 0.25) is 0 Å². The molecule has 1 aliphatic heterocycles. The molecule has 0 aromatic heterocycles. The summed E-state index contributed by atoms with van der Waals surface area (Å²) in [6.45, 7) is 21.4. The highest BCUT2D eigenvalue weighted by Gasteiger charge is 2.38. The fourth-order valence-corrected chi connectivity index (χ4v) is 11.2. The topological polar surface area (TPSA) is 55.8 Å². The van der Waals surface area contributed by atoms with E-state index in [0.717, 1.165) is 88.3 Å². The monoisotopic (exact) mass is 792 g/mol. The van der Waals surface area contributed by atoms with Crippen molar-refractivity contribution in [3.8, 4) is 67.1 Å². The summed E-state index contributed by atoms with van der Waals surface area (Å²) in [6.07, 6.45) is 0. The van der Waals surface area contributed by atoms with E-state index in [1.807, 2.05) is 24.3 Å². The molecule has 1 N–H and O–H groups in total. The Bertz CT molecular complexity index is 2850. The molecule has 0 atom stereocenters. The number of fused-ring (bicyclic) bond motifs is 7. The molecule has 5 heteroatoms. The Morgan fingerprint density at radius 3 is 1.03 bits per heavy atom. The van der Waals surface area contributed by atoms with E-state index in [1.165, 1.54) is 44.5 Å². The molecule has 1 heterocycles. The lowest BCUT2D eigenvalue weighted by Crippen LogP contribution is -2.02. The van der Waals surface area contributed by atoms with Crippen LogP contribution in [0.15, 0.2) is 109 Å². The summed E-state index contributed by atoms with van der Waals surface area (Å²) in [5, 5.41) is 3.81. The van der Waals surface area contributed by atoms with E-state index in [-0.39, 0.29) is 0 Å². The molecule has 9 rings (SSSR count). The minimum Gasteiger partial charge on any atom is -0.394 e. The Balaban J connectivity index is 1.35. The second kappa shape index (κ2) is 14.1. The Hall–Kier alpha value is -5.93. The van der Waals surface area contributed by atoms with Crippen LogP contribution in [0.1, 0.15) is 55.6 Å². The van der Waals surface area contributed by atoms with Gasteiger partial charge in [0, 0.05) is 22.3 Å². The number of hydrogen-bond acceptors (Lipinski definition) is 3. The van der Waals surface area contributed by atoms with Crippen LogP contribution in [0.3, 0.4) is 0 Å². The van der Waals surface area contributed by atoms with Crippen LogP contribution in [0, 0.1) is 69.2 Å². The van der Waals surface area contributed by atoms with Crippen molar-refractivity contribution in [1.29, 1.82) is 0 Å². The van der Waals surface area contributed by atoms with Gasteiger partial charge in [-0.1, -0.05) is 108 Å². The van der Waals surface area contributed by atoms with E-state index < -0.39 is 7.82 Å². The standard InChI is InChI=1S/C54H49O4P/c1-29-19-31(3)47(32(4)20-29)41-23-35(7)49(36(8)24-41)45-27-39-15-11-13-17-43(39)51-52-44-18-14-12-16-40(44)28-46(54(52)58-59(55,56)57-53(45)51)50-37(9)25-42(26-38(50)10)48-33(5)21-30(2)22-34(48)6/h11-28H,1-10H3,(H,55,56). The van der Waals surface area contributed by atoms with Crippen LogP contribution in [0.4, 0.5) is 0 Å². The average Bonchev–Trinajstić information content (AvgIpc) is 3.27. The average molecular weight is 793 g/mol. The Morgan fingerprint density at radius 1 is 0.390 bits per heavy atom. The summed E-state index contributed by atoms with van der Waals surface area (Å²) in [7, 11) is -4.76. The number of hydrogen-bond donors (Lipinski definition) is 1. The van der Waals surface area contributed by atoms with Gasteiger partial charge in [0.05, 0.1) is 0 Å². The Labute approximate surface area is 347 Å². The maximum Gasteiger partial charge on any atom is 0.584 e. The number of phosphoric ester groups is 1. The molecule has 0 aliphatic carbocycles. The molecule has 0 bridgehead atoms. The number of aryl methyl sites for hydroxylation is 10. The number of rotatable bonds is 4. The van der Waals surface area contributed by atoms with Crippen LogP contribution in [0.5, 0.6) is 11.5 Å². The third kappa shape index (κ3) is 6.47. The van der Waals surface area contributed by atoms with Gasteiger partial charge >= 0.3 is 7.82 Å². The molecule has 294 valence electrons. The number of phosphoric acid groups is 1. The molecule has 0 saturated carbocycles. The summed E-state index contributed by atoms with van der Waals surface area (Å²) in [4.78, 5) is 11.9. The third-order valence-corrected chi connectivity index (χ3v) is 13.0. The second-order valence-corrected chi connectivity index (χ2v) is 18.2. The van der Waals surface area contributed by atoms with Crippen LogP contribution in [0.2, 0.25) is 0 Å². The Kier molecular flexibility index (Phi) is 9.23. The van der Waals surface area contributed by atoms with Gasteiger partial charge in [-0.3, -0.25) is 4.89 Å². The second-order valence-electron chi connectivity index (χ2n) is 16.9. The van der Waals surface area contributed by atoms with Gasteiger partial charge in [-0.15, -0.1) is 0 Å². The van der Waals surface area contributed by atoms with E-state index in [1.54, 1.807) is 0 Å². The smallest absolute Gasteiger partial charge is 0.394 e. The van der Waals surface area contributed by atoms with Gasteiger partial charge in [0.15, 0.2) is 0 Å². The van der Waals surface area contributed by atoms with Gasteiger partial charge < -0.3 is 9.05 Å². The first-order chi connectivity index (χ1) is 28.1. The van der Waals surface area contributed by atoms with Gasteiger partial charge in [-0.2, -0.15) is 0 Å². The molecule has 4 nitrogen and oxygen atoms in total. The van der Waals surface area contributed by atoms with Crippen LogP contribution in [0.25, 0.3) is 77.2 Å². The van der Waals surface area contributed by atoms with E-state index in [0.29, 0.717) is 11.5 Å². The highest BCUT2D eigenvalue weighted by Crippen LogP contribution is 2.62. The predicted molar refractivity (Wildman–Crippen MR) is 247 cm³/mol. The first kappa shape index (κ1) is 38.6. The molecule has 1 aliphatic rings. The quantitative estimate of drug-likeness (QED) is 0.180. The molecule has 8 aromatic carbocycles. The van der Waals surface area contributed by atoms with Gasteiger partial charge in [-0.05, 0) is 181 Å². The van der Waals surface area contributed by atoms with Crippen molar-refractivity contribution in [1.82, 2.24) is 0 Å². The minimum absolute atomic E-state index is 0.339. The summed E-state index contributed by atoms with van der Waals surface area (Å²) >= 11 is 0. The van der Waals surface area contributed by atoms with Crippen molar-refractivity contribution in [2.75, 3.05) is 0 Å². The van der Waals surface area contributed by atoms with Crippen LogP contribution in [-0.4, -0.2) is 4.89 Å². The maximum atomic E-state index is 14.6. The minimum atomic E-state index is -4.76. The molecule has 0 fully saturated rings. The predicted octanol–water partition coefficient (Wildman–Crippen LogP) is 15.3. The van der Waals surface area contributed by atoms with Crippen LogP contribution in [-0.2, 0) is 4.57 Å². The first-order valence-electron chi connectivity index (χ1n) is 20.3.